The molecule has 4 rings (SSSR count). The Morgan fingerprint density at radius 3 is 2.59 bits per heavy atom. The van der Waals surface area contributed by atoms with Gasteiger partial charge < -0.3 is 20.4 Å². The first-order valence-corrected chi connectivity index (χ1v) is 8.85. The van der Waals surface area contributed by atoms with Gasteiger partial charge in [-0.2, -0.15) is 0 Å². The van der Waals surface area contributed by atoms with Crippen molar-refractivity contribution in [3.8, 4) is 0 Å². The van der Waals surface area contributed by atoms with E-state index in [0.29, 0.717) is 22.6 Å². The van der Waals surface area contributed by atoms with E-state index < -0.39 is 23.5 Å². The molecule has 2 aromatic carbocycles. The van der Waals surface area contributed by atoms with Crippen molar-refractivity contribution in [2.75, 3.05) is 16.0 Å². The van der Waals surface area contributed by atoms with Gasteiger partial charge >= 0.3 is 0 Å². The topological polar surface area (TPSA) is 100 Å². The molecule has 0 saturated heterocycles. The molecule has 3 N–H and O–H groups in total. The zero-order chi connectivity index (χ0) is 20.4. The van der Waals surface area contributed by atoms with Gasteiger partial charge in [0.25, 0.3) is 5.91 Å². The molecular formula is C21H16FN3O4. The van der Waals surface area contributed by atoms with Crippen molar-refractivity contribution in [2.45, 2.75) is 12.3 Å². The number of hydrogen-bond donors (Lipinski definition) is 3. The van der Waals surface area contributed by atoms with Crippen LogP contribution in [0.3, 0.4) is 0 Å². The Bertz CT molecular complexity index is 1100. The van der Waals surface area contributed by atoms with Crippen molar-refractivity contribution < 1.29 is 23.2 Å². The number of carbonyl (C=O) groups is 3. The monoisotopic (exact) mass is 393 g/mol. The van der Waals surface area contributed by atoms with E-state index >= 15 is 0 Å². The van der Waals surface area contributed by atoms with E-state index in [-0.39, 0.29) is 18.1 Å². The van der Waals surface area contributed by atoms with Gasteiger partial charge in [-0.15, -0.1) is 0 Å². The fraction of sp³-hybridized carbons (Fsp3) is 0.0952. The van der Waals surface area contributed by atoms with Gasteiger partial charge in [-0.1, -0.05) is 12.1 Å². The minimum atomic E-state index is -0.749. The Hall–Kier alpha value is -3.94. The molecule has 1 aliphatic rings. The van der Waals surface area contributed by atoms with Gasteiger partial charge in [0, 0.05) is 23.5 Å². The maximum absolute atomic E-state index is 13.5. The Morgan fingerprint density at radius 2 is 1.83 bits per heavy atom. The van der Waals surface area contributed by atoms with E-state index in [2.05, 4.69) is 16.0 Å². The molecule has 0 spiro atoms. The molecule has 1 aliphatic heterocycles. The van der Waals surface area contributed by atoms with Crippen LogP contribution >= 0.6 is 0 Å². The predicted molar refractivity (Wildman–Crippen MR) is 104 cm³/mol. The number of hydrogen-bond acceptors (Lipinski definition) is 4. The van der Waals surface area contributed by atoms with Gasteiger partial charge in [-0.25, -0.2) is 4.39 Å². The zero-order valence-electron chi connectivity index (χ0n) is 15.1. The fourth-order valence-corrected chi connectivity index (χ4v) is 3.18. The van der Waals surface area contributed by atoms with Crippen LogP contribution in [0, 0.1) is 5.82 Å². The van der Waals surface area contributed by atoms with E-state index in [1.807, 2.05) is 0 Å². The molecule has 7 nitrogen and oxygen atoms in total. The average Bonchev–Trinajstić information content (AvgIpc) is 3.22. The van der Waals surface area contributed by atoms with Crippen LogP contribution in [0.2, 0.25) is 0 Å². The van der Waals surface area contributed by atoms with Crippen molar-refractivity contribution >= 4 is 34.8 Å². The number of nitrogens with one attached hydrogen (secondary N) is 3. The van der Waals surface area contributed by atoms with Crippen LogP contribution in [0.4, 0.5) is 21.5 Å². The molecule has 2 heterocycles. The largest absolute Gasteiger partial charge is 0.459 e. The predicted octanol–water partition coefficient (Wildman–Crippen LogP) is 3.74. The van der Waals surface area contributed by atoms with Crippen LogP contribution in [-0.4, -0.2) is 17.7 Å². The molecular weight excluding hydrogens is 377 g/mol. The fourth-order valence-electron chi connectivity index (χ4n) is 3.18. The van der Waals surface area contributed by atoms with Crippen LogP contribution in [0.5, 0.6) is 0 Å². The lowest BCUT2D eigenvalue weighted by Gasteiger charge is -2.25. The second-order valence-electron chi connectivity index (χ2n) is 6.54. The minimum Gasteiger partial charge on any atom is -0.459 e. The molecule has 0 saturated carbocycles. The lowest BCUT2D eigenvalue weighted by Crippen LogP contribution is -2.30. The van der Waals surface area contributed by atoms with E-state index in [9.17, 15) is 18.8 Å². The molecule has 0 fully saturated rings. The molecule has 0 unspecified atom stereocenters. The summed E-state index contributed by atoms with van der Waals surface area (Å²) in [5, 5.41) is 8.00. The first-order valence-electron chi connectivity index (χ1n) is 8.85. The summed E-state index contributed by atoms with van der Waals surface area (Å²) >= 11 is 0. The molecule has 1 atom stereocenters. The average molecular weight is 393 g/mol. The van der Waals surface area contributed by atoms with Gasteiger partial charge in [0.05, 0.1) is 12.2 Å². The SMILES string of the molecule is O=C1C[C@H](C(=O)Nc2cccc(NC(=O)c3ccco3)c2)c2ccc(F)cc2N1. The Morgan fingerprint density at radius 1 is 1.03 bits per heavy atom. The van der Waals surface area contributed by atoms with Crippen molar-refractivity contribution in [1.29, 1.82) is 0 Å². The highest BCUT2D eigenvalue weighted by atomic mass is 19.1. The van der Waals surface area contributed by atoms with Crippen molar-refractivity contribution in [3.63, 3.8) is 0 Å². The van der Waals surface area contributed by atoms with E-state index in [4.69, 9.17) is 4.42 Å². The van der Waals surface area contributed by atoms with Crippen molar-refractivity contribution in [3.05, 3.63) is 78.0 Å². The highest BCUT2D eigenvalue weighted by molar-refractivity contribution is 6.06. The zero-order valence-corrected chi connectivity index (χ0v) is 15.1. The third kappa shape index (κ3) is 4.01. The smallest absolute Gasteiger partial charge is 0.291 e. The molecule has 0 radical (unpaired) electrons. The maximum Gasteiger partial charge on any atom is 0.291 e. The summed E-state index contributed by atoms with van der Waals surface area (Å²) in [7, 11) is 0. The van der Waals surface area contributed by atoms with Crippen LogP contribution in [0.15, 0.2) is 65.3 Å². The van der Waals surface area contributed by atoms with Gasteiger partial charge in [0.1, 0.15) is 5.82 Å². The summed E-state index contributed by atoms with van der Waals surface area (Å²) in [4.78, 5) is 36.8. The number of furan rings is 1. The molecule has 146 valence electrons. The number of anilines is 3. The second-order valence-corrected chi connectivity index (χ2v) is 6.54. The summed E-state index contributed by atoms with van der Waals surface area (Å²) in [5.74, 6) is -2.26. The quantitative estimate of drug-likeness (QED) is 0.629. The lowest BCUT2D eigenvalue weighted by molar-refractivity contribution is -0.123. The Labute approximate surface area is 164 Å². The number of fused-ring (bicyclic) bond motifs is 1. The molecule has 29 heavy (non-hydrogen) atoms. The van der Waals surface area contributed by atoms with Crippen LogP contribution in [0.25, 0.3) is 0 Å². The summed E-state index contributed by atoms with van der Waals surface area (Å²) < 4.78 is 18.5. The maximum atomic E-state index is 13.5. The molecule has 0 aliphatic carbocycles. The highest BCUT2D eigenvalue weighted by Gasteiger charge is 2.31. The summed E-state index contributed by atoms with van der Waals surface area (Å²) in [6.07, 6.45) is 1.36. The number of amides is 3. The van der Waals surface area contributed by atoms with Crippen molar-refractivity contribution in [1.82, 2.24) is 0 Å². The molecule has 8 heteroatoms. The number of rotatable bonds is 4. The summed E-state index contributed by atoms with van der Waals surface area (Å²) in [6, 6.07) is 13.7. The first-order chi connectivity index (χ1) is 14.0. The molecule has 1 aromatic heterocycles. The molecule has 0 bridgehead atoms. The second kappa shape index (κ2) is 7.59. The van der Waals surface area contributed by atoms with Gasteiger partial charge in [-0.3, -0.25) is 14.4 Å². The van der Waals surface area contributed by atoms with E-state index in [0.717, 1.165) is 0 Å². The number of halogens is 1. The van der Waals surface area contributed by atoms with E-state index in [1.54, 1.807) is 30.3 Å². The standard InChI is InChI=1S/C21H16FN3O4/c22-12-6-7-15-16(11-19(26)25-17(15)9-12)20(27)23-13-3-1-4-14(10-13)24-21(28)18-5-2-8-29-18/h1-10,16H,11H2,(H,23,27)(H,24,28)(H,25,26)/t16-/m0/s1. The lowest BCUT2D eigenvalue weighted by atomic mass is 9.89. The van der Waals surface area contributed by atoms with Crippen LogP contribution in [0.1, 0.15) is 28.5 Å². The van der Waals surface area contributed by atoms with Gasteiger partial charge in [0.2, 0.25) is 11.8 Å². The van der Waals surface area contributed by atoms with Crippen LogP contribution < -0.4 is 16.0 Å². The first kappa shape index (κ1) is 18.4. The summed E-state index contributed by atoms with van der Waals surface area (Å²) in [6.45, 7) is 0. The number of benzene rings is 2. The van der Waals surface area contributed by atoms with Gasteiger partial charge in [-0.05, 0) is 48.0 Å². The third-order valence-electron chi connectivity index (χ3n) is 4.50. The molecule has 3 aromatic rings. The van der Waals surface area contributed by atoms with Crippen LogP contribution in [-0.2, 0) is 9.59 Å². The highest BCUT2D eigenvalue weighted by Crippen LogP contribution is 2.33. The molecule has 3 amide bonds. The normalized spacial score (nSPS) is 15.2. The number of carbonyl (C=O) groups excluding carboxylic acids is 3. The van der Waals surface area contributed by atoms with Gasteiger partial charge in [0.15, 0.2) is 5.76 Å². The minimum absolute atomic E-state index is 0.0423. The Kier molecular flexibility index (Phi) is 4.82. The van der Waals surface area contributed by atoms with Crippen molar-refractivity contribution in [2.24, 2.45) is 0 Å². The Balaban J connectivity index is 1.50. The summed E-state index contributed by atoms with van der Waals surface area (Å²) in [5.41, 5.74) is 1.75. The third-order valence-corrected chi connectivity index (χ3v) is 4.50. The van der Waals surface area contributed by atoms with E-state index in [1.165, 1.54) is 30.5 Å².